The number of piperazine rings is 1. The molecule has 2 heterocycles. The van der Waals surface area contributed by atoms with E-state index in [4.69, 9.17) is 0 Å². The molecule has 1 aromatic heterocycles. The Morgan fingerprint density at radius 2 is 1.81 bits per heavy atom. The second-order valence-electron chi connectivity index (χ2n) is 7.95. The Kier molecular flexibility index (Phi) is 5.91. The zero-order chi connectivity index (χ0) is 22.8. The standard InChI is InChI=1S/C24H22F2N4O2/c1-15-10-18(26)12-21-20(15)13-19(28-24(21)32)3-5-23(31)30-8-6-29(7-9-30)22-4-2-17(25)11-16(22)14-27/h2,4,10-13H,3,5-9H2,1H3,(H,28,32). The smallest absolute Gasteiger partial charge is 0.256 e. The van der Waals surface area contributed by atoms with Crippen LogP contribution in [0, 0.1) is 29.9 Å². The minimum absolute atomic E-state index is 0.0268. The number of amides is 1. The number of H-pyrrole nitrogens is 1. The number of nitriles is 1. The van der Waals surface area contributed by atoms with E-state index in [2.05, 4.69) is 4.98 Å². The lowest BCUT2D eigenvalue weighted by molar-refractivity contribution is -0.131. The monoisotopic (exact) mass is 436 g/mol. The number of pyridine rings is 1. The molecule has 1 aliphatic rings. The summed E-state index contributed by atoms with van der Waals surface area (Å²) in [7, 11) is 0. The minimum Gasteiger partial charge on any atom is -0.367 e. The number of nitrogens with zero attached hydrogens (tertiary/aromatic N) is 3. The average molecular weight is 436 g/mol. The summed E-state index contributed by atoms with van der Waals surface area (Å²) in [6.45, 7) is 3.83. The predicted molar refractivity (Wildman–Crippen MR) is 117 cm³/mol. The van der Waals surface area contributed by atoms with Crippen molar-refractivity contribution in [1.29, 1.82) is 5.26 Å². The fourth-order valence-electron chi connectivity index (χ4n) is 4.16. The maximum atomic E-state index is 13.6. The number of aromatic nitrogens is 1. The molecule has 164 valence electrons. The molecule has 1 amide bonds. The molecule has 0 atom stereocenters. The molecule has 0 bridgehead atoms. The molecular weight excluding hydrogens is 414 g/mol. The highest BCUT2D eigenvalue weighted by Crippen LogP contribution is 2.23. The van der Waals surface area contributed by atoms with Crippen molar-refractivity contribution in [2.75, 3.05) is 31.1 Å². The molecule has 1 aliphatic heterocycles. The van der Waals surface area contributed by atoms with E-state index in [1.807, 2.05) is 11.0 Å². The summed E-state index contributed by atoms with van der Waals surface area (Å²) < 4.78 is 27.0. The van der Waals surface area contributed by atoms with Gasteiger partial charge in [0.2, 0.25) is 5.91 Å². The molecule has 1 fully saturated rings. The molecular formula is C24H22F2N4O2. The third-order valence-electron chi connectivity index (χ3n) is 5.85. The van der Waals surface area contributed by atoms with Crippen LogP contribution in [0.1, 0.15) is 23.2 Å². The van der Waals surface area contributed by atoms with Crippen LogP contribution in [0.25, 0.3) is 10.8 Å². The SMILES string of the molecule is Cc1cc(F)cc2c(=O)[nH]c(CCC(=O)N3CCN(c4ccc(F)cc4C#N)CC3)cc12. The first kappa shape index (κ1) is 21.5. The largest absolute Gasteiger partial charge is 0.367 e. The van der Waals surface area contributed by atoms with E-state index in [0.717, 1.165) is 0 Å². The maximum Gasteiger partial charge on any atom is 0.256 e. The van der Waals surface area contributed by atoms with Crippen molar-refractivity contribution < 1.29 is 13.6 Å². The molecule has 0 spiro atoms. The summed E-state index contributed by atoms with van der Waals surface area (Å²) in [4.78, 5) is 31.5. The Morgan fingerprint density at radius 3 is 2.53 bits per heavy atom. The quantitative estimate of drug-likeness (QED) is 0.681. The molecule has 0 saturated carbocycles. The van der Waals surface area contributed by atoms with Gasteiger partial charge in [-0.05, 0) is 60.7 Å². The predicted octanol–water partition coefficient (Wildman–Crippen LogP) is 3.27. The van der Waals surface area contributed by atoms with Crippen molar-refractivity contribution in [3.05, 3.63) is 75.2 Å². The Balaban J connectivity index is 1.39. The molecule has 1 N–H and O–H groups in total. The number of carbonyl (C=O) groups is 1. The Bertz CT molecular complexity index is 1290. The van der Waals surface area contributed by atoms with Crippen molar-refractivity contribution in [2.24, 2.45) is 0 Å². The van der Waals surface area contributed by atoms with Crippen molar-refractivity contribution in [3.8, 4) is 6.07 Å². The average Bonchev–Trinajstić information content (AvgIpc) is 2.78. The summed E-state index contributed by atoms with van der Waals surface area (Å²) >= 11 is 0. The van der Waals surface area contributed by atoms with Crippen LogP contribution < -0.4 is 10.5 Å². The number of aromatic amines is 1. The van der Waals surface area contributed by atoms with Crippen LogP contribution in [0.5, 0.6) is 0 Å². The number of hydrogen-bond acceptors (Lipinski definition) is 4. The summed E-state index contributed by atoms with van der Waals surface area (Å²) in [6, 6.07) is 10.6. The van der Waals surface area contributed by atoms with Crippen LogP contribution in [0.15, 0.2) is 41.2 Å². The number of aryl methyl sites for hydroxylation is 2. The first-order chi connectivity index (χ1) is 15.4. The van der Waals surface area contributed by atoms with E-state index in [1.54, 1.807) is 24.0 Å². The fraction of sp³-hybridized carbons (Fsp3) is 0.292. The van der Waals surface area contributed by atoms with Crippen LogP contribution in [-0.2, 0) is 11.2 Å². The van der Waals surface area contributed by atoms with Crippen molar-refractivity contribution >= 4 is 22.4 Å². The number of benzene rings is 2. The van der Waals surface area contributed by atoms with E-state index in [-0.39, 0.29) is 23.5 Å². The highest BCUT2D eigenvalue weighted by atomic mass is 19.1. The molecule has 6 nitrogen and oxygen atoms in total. The third kappa shape index (κ3) is 4.33. The second-order valence-corrected chi connectivity index (χ2v) is 7.95. The van der Waals surface area contributed by atoms with Gasteiger partial charge in [0.15, 0.2) is 0 Å². The highest BCUT2D eigenvalue weighted by Gasteiger charge is 2.23. The van der Waals surface area contributed by atoms with Crippen LogP contribution in [0.2, 0.25) is 0 Å². The molecule has 32 heavy (non-hydrogen) atoms. The number of anilines is 1. The topological polar surface area (TPSA) is 80.2 Å². The van der Waals surface area contributed by atoms with Gasteiger partial charge in [-0.15, -0.1) is 0 Å². The third-order valence-corrected chi connectivity index (χ3v) is 5.85. The summed E-state index contributed by atoms with van der Waals surface area (Å²) in [5.41, 5.74) is 1.89. The summed E-state index contributed by atoms with van der Waals surface area (Å²) in [5, 5.41) is 10.2. The Morgan fingerprint density at radius 1 is 1.06 bits per heavy atom. The van der Waals surface area contributed by atoms with Crippen molar-refractivity contribution in [3.63, 3.8) is 0 Å². The van der Waals surface area contributed by atoms with Crippen LogP contribution >= 0.6 is 0 Å². The summed E-state index contributed by atoms with van der Waals surface area (Å²) in [6.07, 6.45) is 0.610. The van der Waals surface area contributed by atoms with E-state index in [9.17, 15) is 23.6 Å². The summed E-state index contributed by atoms with van der Waals surface area (Å²) in [5.74, 6) is -0.933. The van der Waals surface area contributed by atoms with Gasteiger partial charge in [0.25, 0.3) is 5.56 Å². The Hall–Kier alpha value is -3.73. The zero-order valence-corrected chi connectivity index (χ0v) is 17.6. The maximum absolute atomic E-state index is 13.6. The minimum atomic E-state index is -0.454. The van der Waals surface area contributed by atoms with Gasteiger partial charge in [0.1, 0.15) is 17.7 Å². The lowest BCUT2D eigenvalue weighted by atomic mass is 10.0. The fourth-order valence-corrected chi connectivity index (χ4v) is 4.16. The van der Waals surface area contributed by atoms with E-state index >= 15 is 0 Å². The van der Waals surface area contributed by atoms with Crippen LogP contribution in [-0.4, -0.2) is 42.0 Å². The van der Waals surface area contributed by atoms with Gasteiger partial charge < -0.3 is 14.8 Å². The normalized spacial score (nSPS) is 13.9. The number of nitrogens with one attached hydrogen (secondary N) is 1. The van der Waals surface area contributed by atoms with E-state index in [1.165, 1.54) is 24.3 Å². The van der Waals surface area contributed by atoms with Crippen molar-refractivity contribution in [2.45, 2.75) is 19.8 Å². The number of hydrogen-bond donors (Lipinski definition) is 1. The lowest BCUT2D eigenvalue weighted by Gasteiger charge is -2.36. The first-order valence-corrected chi connectivity index (χ1v) is 10.4. The van der Waals surface area contributed by atoms with Crippen LogP contribution in [0.4, 0.5) is 14.5 Å². The molecule has 0 radical (unpaired) electrons. The molecule has 8 heteroatoms. The van der Waals surface area contributed by atoms with Crippen molar-refractivity contribution in [1.82, 2.24) is 9.88 Å². The molecule has 1 saturated heterocycles. The first-order valence-electron chi connectivity index (χ1n) is 10.4. The zero-order valence-electron chi connectivity index (χ0n) is 17.6. The van der Waals surface area contributed by atoms with Gasteiger partial charge in [-0.2, -0.15) is 5.26 Å². The molecule has 3 aromatic rings. The number of fused-ring (bicyclic) bond motifs is 1. The van der Waals surface area contributed by atoms with Gasteiger partial charge in [-0.25, -0.2) is 8.78 Å². The van der Waals surface area contributed by atoms with Crippen LogP contribution in [0.3, 0.4) is 0 Å². The van der Waals surface area contributed by atoms with E-state index < -0.39 is 11.6 Å². The second kappa shape index (κ2) is 8.79. The molecule has 2 aromatic carbocycles. The Labute approximate surface area is 183 Å². The van der Waals surface area contributed by atoms with Gasteiger partial charge >= 0.3 is 0 Å². The molecule has 4 rings (SSSR count). The number of halogens is 2. The van der Waals surface area contributed by atoms with E-state index in [0.29, 0.717) is 60.3 Å². The number of rotatable bonds is 4. The van der Waals surface area contributed by atoms with Gasteiger partial charge in [0, 0.05) is 38.3 Å². The van der Waals surface area contributed by atoms with Gasteiger partial charge in [-0.1, -0.05) is 0 Å². The highest BCUT2D eigenvalue weighted by molar-refractivity contribution is 5.85. The molecule has 0 unspecified atom stereocenters. The van der Waals surface area contributed by atoms with Gasteiger partial charge in [-0.3, -0.25) is 9.59 Å². The number of carbonyl (C=O) groups excluding carboxylic acids is 1. The molecule has 0 aliphatic carbocycles. The lowest BCUT2D eigenvalue weighted by Crippen LogP contribution is -2.49. The van der Waals surface area contributed by atoms with Gasteiger partial charge in [0.05, 0.1) is 16.6 Å².